The molecule has 5 heteroatoms. The number of carbonyl (C=O) groups excluding carboxylic acids is 1. The molecule has 1 amide bonds. The average Bonchev–Trinajstić information content (AvgIpc) is 2.90. The minimum atomic E-state index is -0.106. The Balaban J connectivity index is 1.85. The van der Waals surface area contributed by atoms with Crippen molar-refractivity contribution in [1.82, 2.24) is 4.90 Å². The largest absolute Gasteiger partial charge is 0.463 e. The molecule has 1 aromatic carbocycles. The number of hydrogen-bond acceptors (Lipinski definition) is 4. The molecule has 106 valence electrons. The van der Waals surface area contributed by atoms with Gasteiger partial charge in [-0.3, -0.25) is 4.79 Å². The van der Waals surface area contributed by atoms with Gasteiger partial charge in [0.15, 0.2) is 0 Å². The van der Waals surface area contributed by atoms with E-state index in [-0.39, 0.29) is 18.1 Å². The van der Waals surface area contributed by atoms with Crippen LogP contribution in [0.5, 0.6) is 0 Å². The van der Waals surface area contributed by atoms with E-state index in [4.69, 9.17) is 14.9 Å². The Morgan fingerprint density at radius 1 is 1.45 bits per heavy atom. The van der Waals surface area contributed by atoms with Crippen molar-refractivity contribution in [3.8, 4) is 0 Å². The maximum absolute atomic E-state index is 12.6. The monoisotopic (exact) mass is 274 g/mol. The second kappa shape index (κ2) is 5.26. The van der Waals surface area contributed by atoms with Gasteiger partial charge in [0, 0.05) is 24.5 Å². The molecule has 1 aliphatic heterocycles. The lowest BCUT2D eigenvalue weighted by atomic mass is 10.1. The van der Waals surface area contributed by atoms with E-state index >= 15 is 0 Å². The minimum Gasteiger partial charge on any atom is -0.463 e. The average molecular weight is 274 g/mol. The standard InChI is InChI=1S/C15H18N2O3/c1-10(16)14-8-17(6-7-19-14)15(18)12-9-20-13-5-3-2-4-11(12)13/h2-5,9-10,14H,6-8,16H2,1H3/t10-,14+/m1/s1. The van der Waals surface area contributed by atoms with E-state index in [1.54, 1.807) is 4.90 Å². The highest BCUT2D eigenvalue weighted by Gasteiger charge is 2.28. The first kappa shape index (κ1) is 13.1. The number of hydrogen-bond donors (Lipinski definition) is 1. The molecule has 2 heterocycles. The van der Waals surface area contributed by atoms with Gasteiger partial charge in [0.25, 0.3) is 5.91 Å². The highest BCUT2D eigenvalue weighted by molar-refractivity contribution is 6.05. The quantitative estimate of drug-likeness (QED) is 0.903. The van der Waals surface area contributed by atoms with E-state index in [0.29, 0.717) is 25.3 Å². The van der Waals surface area contributed by atoms with Crippen molar-refractivity contribution in [2.75, 3.05) is 19.7 Å². The van der Waals surface area contributed by atoms with Gasteiger partial charge >= 0.3 is 0 Å². The first-order chi connectivity index (χ1) is 9.66. The van der Waals surface area contributed by atoms with Gasteiger partial charge in [0.2, 0.25) is 0 Å². The zero-order chi connectivity index (χ0) is 14.1. The van der Waals surface area contributed by atoms with Crippen molar-refractivity contribution in [2.45, 2.75) is 19.1 Å². The van der Waals surface area contributed by atoms with Gasteiger partial charge in [-0.1, -0.05) is 18.2 Å². The van der Waals surface area contributed by atoms with E-state index in [9.17, 15) is 4.79 Å². The minimum absolute atomic E-state index is 0.0242. The highest BCUT2D eigenvalue weighted by Crippen LogP contribution is 2.23. The molecular weight excluding hydrogens is 256 g/mol. The summed E-state index contributed by atoms with van der Waals surface area (Å²) in [6.45, 7) is 3.52. The van der Waals surface area contributed by atoms with Crippen molar-refractivity contribution in [3.05, 3.63) is 36.1 Å². The molecule has 2 atom stereocenters. The second-order valence-corrected chi connectivity index (χ2v) is 5.17. The molecule has 1 saturated heterocycles. The lowest BCUT2D eigenvalue weighted by molar-refractivity contribution is -0.0299. The summed E-state index contributed by atoms with van der Waals surface area (Å²) >= 11 is 0. The predicted octanol–water partition coefficient (Wildman–Crippen LogP) is 1.62. The molecule has 3 rings (SSSR count). The molecule has 0 aliphatic carbocycles. The van der Waals surface area contributed by atoms with E-state index < -0.39 is 0 Å². The van der Waals surface area contributed by atoms with Crippen molar-refractivity contribution < 1.29 is 13.9 Å². The van der Waals surface area contributed by atoms with Crippen LogP contribution in [0.2, 0.25) is 0 Å². The van der Waals surface area contributed by atoms with Crippen LogP contribution in [-0.2, 0) is 4.74 Å². The Hall–Kier alpha value is -1.85. The summed E-state index contributed by atoms with van der Waals surface area (Å²) in [6, 6.07) is 7.46. The van der Waals surface area contributed by atoms with Crippen LogP contribution in [0.3, 0.4) is 0 Å². The van der Waals surface area contributed by atoms with Crippen LogP contribution in [0.25, 0.3) is 11.0 Å². The maximum atomic E-state index is 12.6. The lowest BCUT2D eigenvalue weighted by Gasteiger charge is -2.34. The van der Waals surface area contributed by atoms with Crippen molar-refractivity contribution >= 4 is 16.9 Å². The van der Waals surface area contributed by atoms with E-state index in [2.05, 4.69) is 0 Å². The summed E-state index contributed by atoms with van der Waals surface area (Å²) in [6.07, 6.45) is 1.43. The molecule has 0 bridgehead atoms. The molecule has 0 unspecified atom stereocenters. The fraction of sp³-hybridized carbons (Fsp3) is 0.400. The van der Waals surface area contributed by atoms with Gasteiger partial charge in [-0.05, 0) is 13.0 Å². The number of fused-ring (bicyclic) bond motifs is 1. The van der Waals surface area contributed by atoms with Crippen LogP contribution < -0.4 is 5.73 Å². The number of nitrogens with two attached hydrogens (primary N) is 1. The topological polar surface area (TPSA) is 68.7 Å². The smallest absolute Gasteiger partial charge is 0.257 e. The molecule has 2 N–H and O–H groups in total. The van der Waals surface area contributed by atoms with E-state index in [1.807, 2.05) is 31.2 Å². The zero-order valence-electron chi connectivity index (χ0n) is 11.4. The van der Waals surface area contributed by atoms with Gasteiger partial charge in [-0.2, -0.15) is 0 Å². The molecule has 0 spiro atoms. The summed E-state index contributed by atoms with van der Waals surface area (Å²) in [5, 5.41) is 0.848. The zero-order valence-corrected chi connectivity index (χ0v) is 11.4. The molecule has 1 aliphatic rings. The molecule has 1 fully saturated rings. The third kappa shape index (κ3) is 2.30. The van der Waals surface area contributed by atoms with Crippen LogP contribution in [0.15, 0.2) is 34.9 Å². The summed E-state index contributed by atoms with van der Waals surface area (Å²) < 4.78 is 11.0. The summed E-state index contributed by atoms with van der Waals surface area (Å²) in [5.41, 5.74) is 7.19. The Morgan fingerprint density at radius 3 is 3.05 bits per heavy atom. The number of benzene rings is 1. The van der Waals surface area contributed by atoms with Gasteiger partial charge in [-0.15, -0.1) is 0 Å². The lowest BCUT2D eigenvalue weighted by Crippen LogP contribution is -2.51. The molecule has 5 nitrogen and oxygen atoms in total. The third-order valence-corrected chi connectivity index (χ3v) is 3.68. The van der Waals surface area contributed by atoms with Crippen molar-refractivity contribution in [3.63, 3.8) is 0 Å². The van der Waals surface area contributed by atoms with Gasteiger partial charge in [-0.25, -0.2) is 0 Å². The molecule has 0 saturated carbocycles. The van der Waals surface area contributed by atoms with Crippen LogP contribution in [-0.4, -0.2) is 42.6 Å². The molecular formula is C15H18N2O3. The summed E-state index contributed by atoms with van der Waals surface area (Å²) in [7, 11) is 0. The first-order valence-corrected chi connectivity index (χ1v) is 6.79. The SMILES string of the molecule is C[C@@H](N)[C@@H]1CN(C(=O)c2coc3ccccc23)CCO1. The fourth-order valence-corrected chi connectivity index (χ4v) is 2.49. The number of rotatable bonds is 2. The van der Waals surface area contributed by atoms with Crippen molar-refractivity contribution in [1.29, 1.82) is 0 Å². The number of morpholine rings is 1. The Bertz CT molecular complexity index is 620. The molecule has 2 aromatic rings. The predicted molar refractivity (Wildman–Crippen MR) is 75.5 cm³/mol. The third-order valence-electron chi connectivity index (χ3n) is 3.68. The van der Waals surface area contributed by atoms with Gasteiger partial charge in [0.05, 0.1) is 18.3 Å². The Labute approximate surface area is 117 Å². The van der Waals surface area contributed by atoms with Gasteiger partial charge < -0.3 is 19.8 Å². The van der Waals surface area contributed by atoms with Gasteiger partial charge in [0.1, 0.15) is 11.8 Å². The number of amides is 1. The highest BCUT2D eigenvalue weighted by atomic mass is 16.5. The number of para-hydroxylation sites is 1. The first-order valence-electron chi connectivity index (χ1n) is 6.79. The van der Waals surface area contributed by atoms with Crippen LogP contribution >= 0.6 is 0 Å². The van der Waals surface area contributed by atoms with E-state index in [0.717, 1.165) is 11.0 Å². The summed E-state index contributed by atoms with van der Waals surface area (Å²) in [5.74, 6) is -0.0242. The molecule has 20 heavy (non-hydrogen) atoms. The Kier molecular flexibility index (Phi) is 3.46. The fourth-order valence-electron chi connectivity index (χ4n) is 2.49. The maximum Gasteiger partial charge on any atom is 0.257 e. The van der Waals surface area contributed by atoms with Crippen LogP contribution in [0.1, 0.15) is 17.3 Å². The normalized spacial score (nSPS) is 21.1. The van der Waals surface area contributed by atoms with Crippen LogP contribution in [0.4, 0.5) is 0 Å². The number of ether oxygens (including phenoxy) is 1. The number of carbonyl (C=O) groups is 1. The summed E-state index contributed by atoms with van der Waals surface area (Å²) in [4.78, 5) is 14.4. The second-order valence-electron chi connectivity index (χ2n) is 5.17. The van der Waals surface area contributed by atoms with Crippen molar-refractivity contribution in [2.24, 2.45) is 5.73 Å². The molecule has 1 aromatic heterocycles. The molecule has 0 radical (unpaired) electrons. The van der Waals surface area contributed by atoms with Crippen LogP contribution in [0, 0.1) is 0 Å². The Morgan fingerprint density at radius 2 is 2.25 bits per heavy atom. The van der Waals surface area contributed by atoms with E-state index in [1.165, 1.54) is 6.26 Å². The number of nitrogens with zero attached hydrogens (tertiary/aromatic N) is 1. The number of furan rings is 1.